The summed E-state index contributed by atoms with van der Waals surface area (Å²) in [6, 6.07) is 4.99. The minimum atomic E-state index is -4.77. The number of benzene rings is 1. The van der Waals surface area contributed by atoms with Crippen LogP contribution >= 0.6 is 46.4 Å². The molecule has 25 heavy (non-hydrogen) atoms. The Labute approximate surface area is 160 Å². The summed E-state index contributed by atoms with van der Waals surface area (Å²) >= 11 is 23.3. The van der Waals surface area contributed by atoms with Gasteiger partial charge in [0.15, 0.2) is 0 Å². The molecule has 0 aliphatic carbocycles. The molecule has 0 fully saturated rings. The maximum atomic E-state index is 13.9. The maximum Gasteiger partial charge on any atom is 0.435 e. The largest absolute Gasteiger partial charge is 0.435 e. The minimum absolute atomic E-state index is 0.0273. The Bertz CT molecular complexity index is 852. The number of nitrogens with zero attached hydrogens (tertiary/aromatic N) is 2. The van der Waals surface area contributed by atoms with E-state index >= 15 is 0 Å². The van der Waals surface area contributed by atoms with Crippen molar-refractivity contribution in [3.8, 4) is 0 Å². The zero-order chi connectivity index (χ0) is 18.4. The van der Waals surface area contributed by atoms with Crippen molar-refractivity contribution >= 4 is 52.1 Å². The van der Waals surface area contributed by atoms with E-state index in [4.69, 9.17) is 51.2 Å². The van der Waals surface area contributed by atoms with Crippen molar-refractivity contribution < 1.29 is 18.0 Å². The Morgan fingerprint density at radius 2 is 1.64 bits per heavy atom. The molecule has 0 bridgehead atoms. The van der Waals surface area contributed by atoms with E-state index in [1.54, 1.807) is 0 Å². The second-order valence-electron chi connectivity index (χ2n) is 5.29. The minimum Gasteiger partial charge on any atom is -0.374 e. The number of alkyl halides is 3. The quantitative estimate of drug-likeness (QED) is 0.526. The van der Waals surface area contributed by atoms with Crippen LogP contribution in [0.25, 0.3) is 0 Å². The Morgan fingerprint density at radius 3 is 2.20 bits per heavy atom. The highest BCUT2D eigenvalue weighted by atomic mass is 35.5. The van der Waals surface area contributed by atoms with E-state index in [0.29, 0.717) is 0 Å². The molecule has 10 heteroatoms. The highest BCUT2D eigenvalue weighted by Gasteiger charge is 2.62. The van der Waals surface area contributed by atoms with Crippen LogP contribution in [0.2, 0.25) is 20.2 Å². The number of aromatic nitrogens is 1. The molecule has 2 heterocycles. The summed E-state index contributed by atoms with van der Waals surface area (Å²) < 4.78 is 41.6. The Hall–Kier alpha value is -1.21. The van der Waals surface area contributed by atoms with E-state index in [2.05, 4.69) is 10.1 Å². The van der Waals surface area contributed by atoms with Gasteiger partial charge in [0.1, 0.15) is 5.15 Å². The molecule has 1 aromatic carbocycles. The van der Waals surface area contributed by atoms with Crippen LogP contribution in [0, 0.1) is 0 Å². The first-order chi connectivity index (χ1) is 11.6. The predicted octanol–water partition coefficient (Wildman–Crippen LogP) is 6.28. The Balaban J connectivity index is 2.04. The molecular formula is C15H7Cl4F3N2O. The second-order valence-corrected chi connectivity index (χ2v) is 6.92. The number of rotatable bonds is 2. The van der Waals surface area contributed by atoms with Gasteiger partial charge in [-0.15, -0.1) is 0 Å². The lowest BCUT2D eigenvalue weighted by atomic mass is 9.87. The molecule has 0 amide bonds. The van der Waals surface area contributed by atoms with E-state index in [9.17, 15) is 13.2 Å². The maximum absolute atomic E-state index is 13.9. The molecule has 0 radical (unpaired) electrons. The predicted molar refractivity (Wildman–Crippen MR) is 90.7 cm³/mol. The lowest BCUT2D eigenvalue weighted by Gasteiger charge is -2.29. The molecule has 0 saturated heterocycles. The number of hydrogen-bond donors (Lipinski definition) is 0. The third-order valence-electron chi connectivity index (χ3n) is 3.64. The third-order valence-corrected chi connectivity index (χ3v) is 4.77. The topological polar surface area (TPSA) is 34.5 Å². The van der Waals surface area contributed by atoms with Gasteiger partial charge in [0.25, 0.3) is 5.60 Å². The molecule has 1 aromatic heterocycles. The Morgan fingerprint density at radius 1 is 1.00 bits per heavy atom. The molecular weight excluding hydrogens is 423 g/mol. The van der Waals surface area contributed by atoms with Crippen molar-refractivity contribution in [3.05, 3.63) is 61.8 Å². The molecule has 0 spiro atoms. The first-order valence-corrected chi connectivity index (χ1v) is 8.23. The van der Waals surface area contributed by atoms with Crippen molar-refractivity contribution in [1.82, 2.24) is 4.98 Å². The lowest BCUT2D eigenvalue weighted by molar-refractivity contribution is -0.275. The fourth-order valence-corrected chi connectivity index (χ4v) is 3.22. The molecule has 0 saturated carbocycles. The van der Waals surface area contributed by atoms with Crippen LogP contribution in [0.5, 0.6) is 0 Å². The number of oxime groups is 1. The molecule has 1 atom stereocenters. The van der Waals surface area contributed by atoms with Crippen LogP contribution in [0.1, 0.15) is 17.5 Å². The zero-order valence-electron chi connectivity index (χ0n) is 12.0. The number of hydrogen-bond acceptors (Lipinski definition) is 3. The average Bonchev–Trinajstić information content (AvgIpc) is 2.95. The van der Waals surface area contributed by atoms with Gasteiger partial charge in [-0.25, -0.2) is 4.98 Å². The second kappa shape index (κ2) is 6.50. The van der Waals surface area contributed by atoms with E-state index in [0.717, 1.165) is 12.1 Å². The first kappa shape index (κ1) is 18.6. The standard InChI is InChI=1S/C15H7Cl4F3N2O/c16-9-2-8(3-10(17)4-9)14(15(20,21)22)5-12(24-25-14)7-1-11(18)13(19)23-6-7/h1-4,6H,5H2. The molecule has 132 valence electrons. The normalized spacial score (nSPS) is 20.4. The summed E-state index contributed by atoms with van der Waals surface area (Å²) in [5.41, 5.74) is -2.65. The van der Waals surface area contributed by atoms with Crippen LogP contribution in [0.3, 0.4) is 0 Å². The fourth-order valence-electron chi connectivity index (χ4n) is 2.42. The van der Waals surface area contributed by atoms with Crippen LogP contribution in [0.4, 0.5) is 13.2 Å². The van der Waals surface area contributed by atoms with Crippen molar-refractivity contribution in [1.29, 1.82) is 0 Å². The van der Waals surface area contributed by atoms with E-state index in [1.165, 1.54) is 18.3 Å². The monoisotopic (exact) mass is 428 g/mol. The summed E-state index contributed by atoms with van der Waals surface area (Å²) in [5, 5.41) is 3.84. The molecule has 1 aliphatic rings. The van der Waals surface area contributed by atoms with Gasteiger partial charge >= 0.3 is 6.18 Å². The van der Waals surface area contributed by atoms with Crippen LogP contribution < -0.4 is 0 Å². The number of halogens is 7. The SMILES string of the molecule is FC(F)(F)C1(c2cc(Cl)cc(Cl)c2)CC(c2cnc(Cl)c(Cl)c2)=NO1. The molecule has 1 unspecified atom stereocenters. The van der Waals surface area contributed by atoms with E-state index in [1.807, 2.05) is 0 Å². The van der Waals surface area contributed by atoms with Crippen molar-refractivity contribution in [2.24, 2.45) is 5.16 Å². The highest BCUT2D eigenvalue weighted by Crippen LogP contribution is 2.49. The van der Waals surface area contributed by atoms with Gasteiger partial charge < -0.3 is 4.84 Å². The summed E-state index contributed by atoms with van der Waals surface area (Å²) in [6.45, 7) is 0. The van der Waals surface area contributed by atoms with Crippen LogP contribution in [-0.4, -0.2) is 16.9 Å². The van der Waals surface area contributed by atoms with Gasteiger partial charge in [-0.3, -0.25) is 0 Å². The average molecular weight is 430 g/mol. The summed E-state index contributed by atoms with van der Waals surface area (Å²) in [7, 11) is 0. The Kier molecular flexibility index (Phi) is 4.83. The van der Waals surface area contributed by atoms with Crippen molar-refractivity contribution in [3.63, 3.8) is 0 Å². The molecule has 3 rings (SSSR count). The third kappa shape index (κ3) is 3.40. The molecule has 1 aliphatic heterocycles. The zero-order valence-corrected chi connectivity index (χ0v) is 15.1. The van der Waals surface area contributed by atoms with Gasteiger partial charge in [0.2, 0.25) is 0 Å². The fraction of sp³-hybridized carbons (Fsp3) is 0.200. The van der Waals surface area contributed by atoms with E-state index < -0.39 is 18.2 Å². The molecule has 2 aromatic rings. The van der Waals surface area contributed by atoms with Crippen LogP contribution in [-0.2, 0) is 10.4 Å². The van der Waals surface area contributed by atoms with Gasteiger partial charge in [-0.1, -0.05) is 51.6 Å². The van der Waals surface area contributed by atoms with Crippen molar-refractivity contribution in [2.75, 3.05) is 0 Å². The summed E-state index contributed by atoms with van der Waals surface area (Å²) in [4.78, 5) is 8.69. The highest BCUT2D eigenvalue weighted by molar-refractivity contribution is 6.41. The first-order valence-electron chi connectivity index (χ1n) is 6.72. The lowest BCUT2D eigenvalue weighted by Crippen LogP contribution is -2.42. The van der Waals surface area contributed by atoms with Gasteiger partial charge in [-0.05, 0) is 24.3 Å². The smallest absolute Gasteiger partial charge is 0.374 e. The summed E-state index contributed by atoms with van der Waals surface area (Å²) in [5.74, 6) is 0. The summed E-state index contributed by atoms with van der Waals surface area (Å²) in [6.07, 6.45) is -4.09. The van der Waals surface area contributed by atoms with Crippen LogP contribution in [0.15, 0.2) is 35.6 Å². The van der Waals surface area contributed by atoms with E-state index in [-0.39, 0.29) is 37.1 Å². The van der Waals surface area contributed by atoms with Gasteiger partial charge in [0.05, 0.1) is 17.2 Å². The molecule has 0 N–H and O–H groups in total. The van der Waals surface area contributed by atoms with Crippen molar-refractivity contribution in [2.45, 2.75) is 18.2 Å². The van der Waals surface area contributed by atoms with Gasteiger partial charge in [0, 0.05) is 27.4 Å². The number of pyridine rings is 1. The van der Waals surface area contributed by atoms with Gasteiger partial charge in [-0.2, -0.15) is 13.2 Å². The molecule has 3 nitrogen and oxygen atoms in total.